The maximum Gasteiger partial charge on any atom is 0.263 e. The molecule has 3 unspecified atom stereocenters. The minimum absolute atomic E-state index is 0.0171. The van der Waals surface area contributed by atoms with Gasteiger partial charge in [-0.25, -0.2) is 0 Å². The van der Waals surface area contributed by atoms with Gasteiger partial charge < -0.3 is 15.3 Å². The van der Waals surface area contributed by atoms with Crippen molar-refractivity contribution in [2.45, 2.75) is 32.7 Å². The van der Waals surface area contributed by atoms with E-state index in [1.54, 1.807) is 4.90 Å². The van der Waals surface area contributed by atoms with Gasteiger partial charge in [-0.2, -0.15) is 0 Å². The average molecular weight is 324 g/mol. The molecule has 1 aliphatic heterocycles. The summed E-state index contributed by atoms with van der Waals surface area (Å²) >= 11 is 1.43. The lowest BCUT2D eigenvalue weighted by atomic mass is 9.95. The number of nitrogens with zero attached hydrogens (tertiary/aromatic N) is 1. The van der Waals surface area contributed by atoms with Crippen LogP contribution in [0.1, 0.15) is 36.4 Å². The van der Waals surface area contributed by atoms with Crippen molar-refractivity contribution in [2.75, 3.05) is 19.7 Å². The number of aliphatic hydroxyl groups is 1. The van der Waals surface area contributed by atoms with Gasteiger partial charge in [-0.1, -0.05) is 13.0 Å². The maximum absolute atomic E-state index is 12.4. The molecule has 1 aromatic heterocycles. The molecule has 1 aromatic rings. The van der Waals surface area contributed by atoms with Crippen molar-refractivity contribution in [3.05, 3.63) is 22.4 Å². The molecule has 122 valence electrons. The van der Waals surface area contributed by atoms with Crippen molar-refractivity contribution in [3.8, 4) is 0 Å². The van der Waals surface area contributed by atoms with Crippen LogP contribution in [0.3, 0.4) is 0 Å². The predicted octanol–water partition coefficient (Wildman–Crippen LogP) is 1.73. The van der Waals surface area contributed by atoms with E-state index in [4.69, 9.17) is 5.11 Å². The Balaban J connectivity index is 1.92. The fourth-order valence-electron chi connectivity index (χ4n) is 2.57. The largest absolute Gasteiger partial charge is 0.396 e. The third-order valence-electron chi connectivity index (χ3n) is 4.32. The van der Waals surface area contributed by atoms with Crippen molar-refractivity contribution in [1.82, 2.24) is 10.2 Å². The van der Waals surface area contributed by atoms with Crippen molar-refractivity contribution < 1.29 is 14.7 Å². The molecule has 1 aliphatic rings. The number of piperidine rings is 1. The fraction of sp³-hybridized carbons (Fsp3) is 0.625. The number of hydrogen-bond acceptors (Lipinski definition) is 4. The van der Waals surface area contributed by atoms with Crippen LogP contribution < -0.4 is 5.32 Å². The summed E-state index contributed by atoms with van der Waals surface area (Å²) in [4.78, 5) is 27.2. The Labute approximate surface area is 135 Å². The smallest absolute Gasteiger partial charge is 0.263 e. The molecule has 2 heterocycles. The summed E-state index contributed by atoms with van der Waals surface area (Å²) < 4.78 is 0. The molecule has 1 saturated heterocycles. The zero-order valence-corrected chi connectivity index (χ0v) is 13.9. The standard InChI is InChI=1S/C16H24N2O3S/c1-11(10-19)12(2)17-15(20)13-5-3-7-18(9-13)16(21)14-6-4-8-22-14/h4,6,8,11-13,19H,3,5,7,9-10H2,1-2H3,(H,17,20). The molecular formula is C16H24N2O3S. The van der Waals surface area contributed by atoms with Gasteiger partial charge in [0.2, 0.25) is 5.91 Å². The first-order valence-corrected chi connectivity index (χ1v) is 8.65. The van der Waals surface area contributed by atoms with Gasteiger partial charge >= 0.3 is 0 Å². The van der Waals surface area contributed by atoms with Crippen LogP contribution in [0, 0.1) is 11.8 Å². The summed E-state index contributed by atoms with van der Waals surface area (Å²) in [5, 5.41) is 14.0. The molecule has 0 bridgehead atoms. The van der Waals surface area contributed by atoms with Crippen molar-refractivity contribution in [1.29, 1.82) is 0 Å². The van der Waals surface area contributed by atoms with E-state index in [-0.39, 0.29) is 36.3 Å². The minimum atomic E-state index is -0.161. The van der Waals surface area contributed by atoms with Gasteiger partial charge in [0, 0.05) is 25.7 Å². The first-order chi connectivity index (χ1) is 10.5. The van der Waals surface area contributed by atoms with E-state index < -0.39 is 0 Å². The van der Waals surface area contributed by atoms with Crippen molar-refractivity contribution >= 4 is 23.2 Å². The summed E-state index contributed by atoms with van der Waals surface area (Å²) in [5.41, 5.74) is 0. The molecule has 3 atom stereocenters. The van der Waals surface area contributed by atoms with Crippen LogP contribution >= 0.6 is 11.3 Å². The Morgan fingerprint density at radius 2 is 2.27 bits per heavy atom. The number of rotatable bonds is 5. The number of thiophene rings is 1. The molecule has 0 aromatic carbocycles. The molecule has 0 saturated carbocycles. The third-order valence-corrected chi connectivity index (χ3v) is 5.18. The lowest BCUT2D eigenvalue weighted by Gasteiger charge is -2.33. The lowest BCUT2D eigenvalue weighted by Crippen LogP contribution is -2.48. The Morgan fingerprint density at radius 1 is 1.50 bits per heavy atom. The summed E-state index contributed by atoms with van der Waals surface area (Å²) in [6.07, 6.45) is 1.65. The zero-order valence-electron chi connectivity index (χ0n) is 13.1. The fourth-order valence-corrected chi connectivity index (χ4v) is 3.27. The molecule has 0 radical (unpaired) electrons. The average Bonchev–Trinajstić information content (AvgIpc) is 3.07. The summed E-state index contributed by atoms with van der Waals surface area (Å²) in [6, 6.07) is 3.62. The van der Waals surface area contributed by atoms with E-state index in [1.165, 1.54) is 11.3 Å². The zero-order chi connectivity index (χ0) is 16.1. The number of carbonyl (C=O) groups excluding carboxylic acids is 2. The van der Waals surface area contributed by atoms with E-state index >= 15 is 0 Å². The van der Waals surface area contributed by atoms with Gasteiger partial charge in [0.05, 0.1) is 10.8 Å². The number of hydrogen-bond donors (Lipinski definition) is 2. The molecule has 5 nitrogen and oxygen atoms in total. The summed E-state index contributed by atoms with van der Waals surface area (Å²) in [6.45, 7) is 5.04. The lowest BCUT2D eigenvalue weighted by molar-refractivity contribution is -0.127. The van der Waals surface area contributed by atoms with Gasteiger partial charge in [-0.3, -0.25) is 9.59 Å². The maximum atomic E-state index is 12.4. The normalized spacial score (nSPS) is 21.2. The van der Waals surface area contributed by atoms with E-state index in [1.807, 2.05) is 31.4 Å². The van der Waals surface area contributed by atoms with Crippen LogP contribution in [0.4, 0.5) is 0 Å². The molecule has 6 heteroatoms. The van der Waals surface area contributed by atoms with Crippen LogP contribution in [-0.4, -0.2) is 47.6 Å². The Bertz CT molecular complexity index is 503. The second-order valence-electron chi connectivity index (χ2n) is 6.02. The number of aliphatic hydroxyl groups excluding tert-OH is 1. The van der Waals surface area contributed by atoms with Crippen molar-refractivity contribution in [2.24, 2.45) is 11.8 Å². The highest BCUT2D eigenvalue weighted by molar-refractivity contribution is 7.12. The number of likely N-dealkylation sites (tertiary alicyclic amines) is 1. The van der Waals surface area contributed by atoms with Crippen LogP contribution in [0.2, 0.25) is 0 Å². The highest BCUT2D eigenvalue weighted by Gasteiger charge is 2.30. The van der Waals surface area contributed by atoms with E-state index in [9.17, 15) is 9.59 Å². The van der Waals surface area contributed by atoms with Crippen LogP contribution in [0.15, 0.2) is 17.5 Å². The Morgan fingerprint density at radius 3 is 2.91 bits per heavy atom. The molecular weight excluding hydrogens is 300 g/mol. The molecule has 2 amide bonds. The SMILES string of the molecule is CC(CO)C(C)NC(=O)C1CCCN(C(=O)c2cccs2)C1. The monoisotopic (exact) mass is 324 g/mol. The molecule has 2 rings (SSSR count). The van der Waals surface area contributed by atoms with E-state index in [0.29, 0.717) is 13.1 Å². The predicted molar refractivity (Wildman–Crippen MR) is 86.8 cm³/mol. The first kappa shape index (κ1) is 17.0. The highest BCUT2D eigenvalue weighted by atomic mass is 32.1. The quantitative estimate of drug-likeness (QED) is 0.867. The van der Waals surface area contributed by atoms with Crippen LogP contribution in [0.25, 0.3) is 0 Å². The van der Waals surface area contributed by atoms with Crippen LogP contribution in [-0.2, 0) is 4.79 Å². The molecule has 2 N–H and O–H groups in total. The van der Waals surface area contributed by atoms with Gasteiger partial charge in [-0.05, 0) is 37.1 Å². The summed E-state index contributed by atoms with van der Waals surface area (Å²) in [7, 11) is 0. The van der Waals surface area contributed by atoms with E-state index in [0.717, 1.165) is 17.7 Å². The Kier molecular flexibility index (Phi) is 5.97. The number of amides is 2. The van der Waals surface area contributed by atoms with Crippen LogP contribution in [0.5, 0.6) is 0 Å². The number of carbonyl (C=O) groups is 2. The second-order valence-corrected chi connectivity index (χ2v) is 6.97. The van der Waals surface area contributed by atoms with E-state index in [2.05, 4.69) is 5.32 Å². The van der Waals surface area contributed by atoms with Gasteiger partial charge in [0.15, 0.2) is 0 Å². The number of nitrogens with one attached hydrogen (secondary N) is 1. The summed E-state index contributed by atoms with van der Waals surface area (Å²) in [5.74, 6) is -0.136. The van der Waals surface area contributed by atoms with Gasteiger partial charge in [0.1, 0.15) is 0 Å². The second kappa shape index (κ2) is 7.74. The molecule has 22 heavy (non-hydrogen) atoms. The molecule has 0 aliphatic carbocycles. The third kappa shape index (κ3) is 4.08. The first-order valence-electron chi connectivity index (χ1n) is 7.77. The molecule has 0 spiro atoms. The highest BCUT2D eigenvalue weighted by Crippen LogP contribution is 2.21. The molecule has 1 fully saturated rings. The van der Waals surface area contributed by atoms with Gasteiger partial charge in [0.25, 0.3) is 5.91 Å². The van der Waals surface area contributed by atoms with Gasteiger partial charge in [-0.15, -0.1) is 11.3 Å². The minimum Gasteiger partial charge on any atom is -0.396 e. The Hall–Kier alpha value is -1.40. The topological polar surface area (TPSA) is 69.6 Å². The van der Waals surface area contributed by atoms with Crippen molar-refractivity contribution in [3.63, 3.8) is 0 Å².